The Balaban J connectivity index is 0.00000139. The molecule has 0 aliphatic carbocycles. The molecule has 0 amide bonds. The van der Waals surface area contributed by atoms with Crippen molar-refractivity contribution in [2.75, 3.05) is 45.8 Å². The van der Waals surface area contributed by atoms with Crippen molar-refractivity contribution in [3.63, 3.8) is 0 Å². The molecule has 0 aromatic carbocycles. The minimum absolute atomic E-state index is 0.829. The van der Waals surface area contributed by atoms with Crippen molar-refractivity contribution in [2.24, 2.45) is 23.5 Å². The minimum Gasteiger partial charge on any atom is -0.330 e. The molecule has 2 N–H and O–H groups in total. The molecule has 3 heteroatoms. The molecule has 144 valence electrons. The minimum atomic E-state index is 0.829. The first kappa shape index (κ1) is 21.9. The average Bonchev–Trinajstić information content (AvgIpc) is 2.61. The van der Waals surface area contributed by atoms with E-state index in [9.17, 15) is 0 Å². The third-order valence-corrected chi connectivity index (χ3v) is 5.89. The van der Waals surface area contributed by atoms with E-state index in [1.54, 1.807) is 0 Å². The molecule has 0 aromatic heterocycles. The first-order valence-corrected chi connectivity index (χ1v) is 10.9. The Morgan fingerprint density at radius 1 is 0.917 bits per heavy atom. The lowest BCUT2D eigenvalue weighted by Crippen LogP contribution is -2.42. The first-order valence-electron chi connectivity index (χ1n) is 10.9. The number of nitrogens with two attached hydrogens (primary N) is 1. The van der Waals surface area contributed by atoms with Gasteiger partial charge in [-0.1, -0.05) is 34.1 Å². The fourth-order valence-corrected chi connectivity index (χ4v) is 4.30. The van der Waals surface area contributed by atoms with E-state index in [1.807, 2.05) is 13.8 Å². The van der Waals surface area contributed by atoms with Crippen LogP contribution in [0.5, 0.6) is 0 Å². The summed E-state index contributed by atoms with van der Waals surface area (Å²) in [5.41, 5.74) is 5.78. The highest BCUT2D eigenvalue weighted by Crippen LogP contribution is 2.23. The summed E-state index contributed by atoms with van der Waals surface area (Å²) < 4.78 is 0. The van der Waals surface area contributed by atoms with Crippen LogP contribution in [0.3, 0.4) is 0 Å². The highest BCUT2D eigenvalue weighted by Gasteiger charge is 2.24. The highest BCUT2D eigenvalue weighted by atomic mass is 15.2. The summed E-state index contributed by atoms with van der Waals surface area (Å²) >= 11 is 0. The van der Waals surface area contributed by atoms with E-state index in [1.165, 1.54) is 84.2 Å². The van der Waals surface area contributed by atoms with E-state index in [0.717, 1.165) is 24.3 Å². The average molecular weight is 340 g/mol. The Labute approximate surface area is 152 Å². The fourth-order valence-electron chi connectivity index (χ4n) is 4.30. The zero-order valence-corrected chi connectivity index (χ0v) is 17.1. The molecule has 1 atom stereocenters. The molecule has 2 fully saturated rings. The van der Waals surface area contributed by atoms with Crippen LogP contribution in [0.15, 0.2) is 0 Å². The number of hydrogen-bond donors (Lipinski definition) is 1. The second-order valence-electron chi connectivity index (χ2n) is 7.96. The Bertz CT molecular complexity index is 273. The van der Waals surface area contributed by atoms with Crippen molar-refractivity contribution < 1.29 is 0 Å². The van der Waals surface area contributed by atoms with Crippen LogP contribution in [0.1, 0.15) is 72.6 Å². The molecule has 0 spiro atoms. The summed E-state index contributed by atoms with van der Waals surface area (Å²) in [6.45, 7) is 17.5. The van der Waals surface area contributed by atoms with E-state index in [-0.39, 0.29) is 0 Å². The van der Waals surface area contributed by atoms with E-state index >= 15 is 0 Å². The van der Waals surface area contributed by atoms with Gasteiger partial charge in [0.2, 0.25) is 0 Å². The van der Waals surface area contributed by atoms with Gasteiger partial charge in [-0.2, -0.15) is 0 Å². The third kappa shape index (κ3) is 8.31. The maximum absolute atomic E-state index is 5.78. The second-order valence-corrected chi connectivity index (χ2v) is 7.96. The van der Waals surface area contributed by atoms with Crippen molar-refractivity contribution in [3.8, 4) is 0 Å². The van der Waals surface area contributed by atoms with Crippen molar-refractivity contribution in [3.05, 3.63) is 0 Å². The molecular weight excluding hydrogens is 294 g/mol. The summed E-state index contributed by atoms with van der Waals surface area (Å²) in [7, 11) is 0. The Morgan fingerprint density at radius 2 is 1.50 bits per heavy atom. The second kappa shape index (κ2) is 13.1. The maximum Gasteiger partial charge on any atom is 0.00106 e. The SMILES string of the molecule is CC.CCCC(CCN)CN1CCC(CN2CCC(C)CC2)CC1. The Kier molecular flexibility index (Phi) is 12.0. The van der Waals surface area contributed by atoms with Gasteiger partial charge in [0.25, 0.3) is 0 Å². The van der Waals surface area contributed by atoms with Crippen molar-refractivity contribution >= 4 is 0 Å². The van der Waals surface area contributed by atoms with Crippen LogP contribution in [0, 0.1) is 17.8 Å². The predicted molar refractivity (Wildman–Crippen MR) is 107 cm³/mol. The molecule has 0 saturated carbocycles. The molecule has 0 bridgehead atoms. The normalized spacial score (nSPS) is 22.9. The van der Waals surface area contributed by atoms with Crippen LogP contribution in [0.4, 0.5) is 0 Å². The largest absolute Gasteiger partial charge is 0.330 e. The lowest BCUT2D eigenvalue weighted by Gasteiger charge is -2.38. The van der Waals surface area contributed by atoms with Crippen LogP contribution in [-0.4, -0.2) is 55.6 Å². The predicted octanol–water partition coefficient (Wildman–Crippen LogP) is 4.22. The standard InChI is InChI=1S/C19H39N3.C2H6/c1-3-4-18(5-10-20)15-22-13-8-19(9-14-22)16-21-11-6-17(2)7-12-21;1-2/h17-19H,3-16,20H2,1-2H3;1-2H3. The van der Waals surface area contributed by atoms with E-state index in [2.05, 4.69) is 23.6 Å². The van der Waals surface area contributed by atoms with Crippen molar-refractivity contribution in [1.82, 2.24) is 9.80 Å². The van der Waals surface area contributed by atoms with Crippen molar-refractivity contribution in [2.45, 2.75) is 72.6 Å². The summed E-state index contributed by atoms with van der Waals surface area (Å²) in [4.78, 5) is 5.44. The molecule has 2 aliphatic heterocycles. The van der Waals surface area contributed by atoms with Gasteiger partial charge in [-0.05, 0) is 89.0 Å². The van der Waals surface area contributed by atoms with Crippen molar-refractivity contribution in [1.29, 1.82) is 0 Å². The monoisotopic (exact) mass is 339 g/mol. The molecule has 2 saturated heterocycles. The summed E-state index contributed by atoms with van der Waals surface area (Å²) in [5, 5.41) is 0. The van der Waals surface area contributed by atoms with Gasteiger partial charge < -0.3 is 15.5 Å². The molecule has 2 heterocycles. The fraction of sp³-hybridized carbons (Fsp3) is 1.00. The smallest absolute Gasteiger partial charge is 0.00106 e. The van der Waals surface area contributed by atoms with Gasteiger partial charge in [0.15, 0.2) is 0 Å². The van der Waals surface area contributed by atoms with E-state index in [0.29, 0.717) is 0 Å². The quantitative estimate of drug-likeness (QED) is 0.718. The molecule has 1 unspecified atom stereocenters. The molecule has 24 heavy (non-hydrogen) atoms. The number of piperidine rings is 2. The zero-order valence-electron chi connectivity index (χ0n) is 17.1. The molecule has 0 radical (unpaired) electrons. The maximum atomic E-state index is 5.78. The molecule has 2 aliphatic rings. The van der Waals surface area contributed by atoms with Gasteiger partial charge in [0.05, 0.1) is 0 Å². The third-order valence-electron chi connectivity index (χ3n) is 5.89. The van der Waals surface area contributed by atoms with Gasteiger partial charge in [-0.15, -0.1) is 0 Å². The molecular formula is C21H45N3. The van der Waals surface area contributed by atoms with Gasteiger partial charge in [0, 0.05) is 13.1 Å². The van der Waals surface area contributed by atoms with Crippen LogP contribution < -0.4 is 5.73 Å². The first-order chi connectivity index (χ1) is 11.7. The van der Waals surface area contributed by atoms with E-state index in [4.69, 9.17) is 5.73 Å². The summed E-state index contributed by atoms with van der Waals surface area (Å²) in [6.07, 6.45) is 9.51. The highest BCUT2D eigenvalue weighted by molar-refractivity contribution is 4.79. The van der Waals surface area contributed by atoms with Gasteiger partial charge in [0.1, 0.15) is 0 Å². The summed E-state index contributed by atoms with van der Waals surface area (Å²) in [5.74, 6) is 2.73. The number of nitrogens with zero attached hydrogens (tertiary/aromatic N) is 2. The van der Waals surface area contributed by atoms with Gasteiger partial charge in [-0.3, -0.25) is 0 Å². The van der Waals surface area contributed by atoms with Crippen LogP contribution in [0.2, 0.25) is 0 Å². The van der Waals surface area contributed by atoms with Crippen LogP contribution in [-0.2, 0) is 0 Å². The topological polar surface area (TPSA) is 32.5 Å². The van der Waals surface area contributed by atoms with Gasteiger partial charge >= 0.3 is 0 Å². The zero-order chi connectivity index (χ0) is 17.8. The lowest BCUT2D eigenvalue weighted by molar-refractivity contribution is 0.110. The molecule has 3 nitrogen and oxygen atoms in total. The number of hydrogen-bond acceptors (Lipinski definition) is 3. The number of rotatable bonds is 8. The van der Waals surface area contributed by atoms with Gasteiger partial charge in [-0.25, -0.2) is 0 Å². The van der Waals surface area contributed by atoms with E-state index < -0.39 is 0 Å². The van der Waals surface area contributed by atoms with Crippen LogP contribution >= 0.6 is 0 Å². The molecule has 0 aromatic rings. The Morgan fingerprint density at radius 3 is 2.04 bits per heavy atom. The van der Waals surface area contributed by atoms with Crippen LogP contribution in [0.25, 0.3) is 0 Å². The lowest BCUT2D eigenvalue weighted by atomic mass is 9.92. The summed E-state index contributed by atoms with van der Waals surface area (Å²) in [6, 6.07) is 0. The Hall–Kier alpha value is -0.120. The molecule has 2 rings (SSSR count). The number of likely N-dealkylation sites (tertiary alicyclic amines) is 2.